The molecule has 0 bridgehead atoms. The Morgan fingerprint density at radius 2 is 1.89 bits per heavy atom. The zero-order valence-electron chi connectivity index (χ0n) is 10.8. The fraction of sp³-hybridized carbons (Fsp3) is 0.462. The second kappa shape index (κ2) is 6.45. The summed E-state index contributed by atoms with van der Waals surface area (Å²) in [6, 6.07) is 4.55. The van der Waals surface area contributed by atoms with Crippen LogP contribution in [0.15, 0.2) is 24.3 Å². The predicted molar refractivity (Wildman–Crippen MR) is 65.8 cm³/mol. The summed E-state index contributed by atoms with van der Waals surface area (Å²) in [6.45, 7) is 1.88. The minimum Gasteiger partial charge on any atom is -0.469 e. The van der Waals surface area contributed by atoms with Crippen LogP contribution in [0.4, 0.5) is 18.9 Å². The fourth-order valence-corrected chi connectivity index (χ4v) is 1.57. The topological polar surface area (TPSA) is 38.3 Å². The van der Waals surface area contributed by atoms with Gasteiger partial charge in [0.05, 0.1) is 19.1 Å². The van der Waals surface area contributed by atoms with Crippen LogP contribution in [-0.2, 0) is 15.7 Å². The number of hydrogen-bond acceptors (Lipinski definition) is 3. The first-order chi connectivity index (χ1) is 8.86. The van der Waals surface area contributed by atoms with Gasteiger partial charge in [0.25, 0.3) is 0 Å². The molecule has 3 nitrogen and oxygen atoms in total. The summed E-state index contributed by atoms with van der Waals surface area (Å²) in [5.41, 5.74) is -0.150. The van der Waals surface area contributed by atoms with E-state index in [1.54, 1.807) is 0 Å². The van der Waals surface area contributed by atoms with Crippen molar-refractivity contribution in [2.75, 3.05) is 12.4 Å². The highest BCUT2D eigenvalue weighted by molar-refractivity contribution is 5.70. The molecule has 0 saturated heterocycles. The van der Waals surface area contributed by atoms with E-state index in [4.69, 9.17) is 0 Å². The van der Waals surface area contributed by atoms with Gasteiger partial charge >= 0.3 is 12.1 Å². The summed E-state index contributed by atoms with van der Waals surface area (Å²) < 4.78 is 41.7. The van der Waals surface area contributed by atoms with Crippen molar-refractivity contribution in [3.63, 3.8) is 0 Å². The summed E-state index contributed by atoms with van der Waals surface area (Å²) in [5, 5.41) is 3.00. The van der Waals surface area contributed by atoms with Gasteiger partial charge in [0.1, 0.15) is 0 Å². The number of benzene rings is 1. The molecule has 6 heteroatoms. The number of hydrogen-bond donors (Lipinski definition) is 1. The van der Waals surface area contributed by atoms with Crippen molar-refractivity contribution in [3.8, 4) is 0 Å². The van der Waals surface area contributed by atoms with E-state index in [0.29, 0.717) is 12.1 Å². The van der Waals surface area contributed by atoms with Crippen LogP contribution in [0.25, 0.3) is 0 Å². The van der Waals surface area contributed by atoms with Gasteiger partial charge in [-0.3, -0.25) is 4.79 Å². The lowest BCUT2D eigenvalue weighted by Crippen LogP contribution is -2.23. The second-order valence-corrected chi connectivity index (χ2v) is 4.10. The molecular formula is C13H16F3NO2. The molecule has 106 valence electrons. The zero-order chi connectivity index (χ0) is 14.5. The van der Waals surface area contributed by atoms with Gasteiger partial charge in [0.2, 0.25) is 0 Å². The highest BCUT2D eigenvalue weighted by Crippen LogP contribution is 2.30. The van der Waals surface area contributed by atoms with Gasteiger partial charge < -0.3 is 10.1 Å². The molecule has 1 N–H and O–H groups in total. The van der Waals surface area contributed by atoms with E-state index >= 15 is 0 Å². The molecule has 1 rings (SSSR count). The molecule has 0 radical (unpaired) electrons. The van der Waals surface area contributed by atoms with Gasteiger partial charge in [0, 0.05) is 11.7 Å². The molecule has 0 unspecified atom stereocenters. The van der Waals surface area contributed by atoms with Crippen molar-refractivity contribution < 1.29 is 22.7 Å². The number of nitrogens with one attached hydrogen (secondary N) is 1. The van der Waals surface area contributed by atoms with Crippen LogP contribution >= 0.6 is 0 Å². The molecule has 1 aromatic carbocycles. The van der Waals surface area contributed by atoms with Crippen LogP contribution in [-0.4, -0.2) is 19.1 Å². The van der Waals surface area contributed by atoms with E-state index in [-0.39, 0.29) is 18.4 Å². The second-order valence-electron chi connectivity index (χ2n) is 4.10. The number of anilines is 1. The summed E-state index contributed by atoms with van der Waals surface area (Å²) in [6.07, 6.45) is -3.50. The minimum absolute atomic E-state index is 0.163. The zero-order valence-corrected chi connectivity index (χ0v) is 10.8. The van der Waals surface area contributed by atoms with Gasteiger partial charge in [-0.1, -0.05) is 6.92 Å². The van der Waals surface area contributed by atoms with E-state index in [1.165, 1.54) is 19.2 Å². The molecule has 0 fully saturated rings. The molecule has 0 spiro atoms. The first-order valence-electron chi connectivity index (χ1n) is 5.87. The Morgan fingerprint density at radius 1 is 1.32 bits per heavy atom. The number of halogens is 3. The summed E-state index contributed by atoms with van der Waals surface area (Å²) in [5.74, 6) is -0.355. The molecule has 1 atom stereocenters. The lowest BCUT2D eigenvalue weighted by atomic mass is 10.1. The summed E-state index contributed by atoms with van der Waals surface area (Å²) in [4.78, 5) is 11.1. The number of carbonyl (C=O) groups is 1. The Hall–Kier alpha value is -1.72. The number of carbonyl (C=O) groups excluding carboxylic acids is 1. The van der Waals surface area contributed by atoms with Crippen molar-refractivity contribution in [1.29, 1.82) is 0 Å². The number of ether oxygens (including phenoxy) is 1. The van der Waals surface area contributed by atoms with E-state index in [2.05, 4.69) is 10.1 Å². The average Bonchev–Trinajstić information content (AvgIpc) is 2.37. The molecule has 0 aliphatic carbocycles. The van der Waals surface area contributed by atoms with Crippen LogP contribution in [0.1, 0.15) is 25.3 Å². The minimum atomic E-state index is -4.34. The monoisotopic (exact) mass is 275 g/mol. The van der Waals surface area contributed by atoms with Crippen molar-refractivity contribution in [1.82, 2.24) is 0 Å². The van der Waals surface area contributed by atoms with Gasteiger partial charge in [0.15, 0.2) is 0 Å². The average molecular weight is 275 g/mol. The van der Waals surface area contributed by atoms with Crippen molar-refractivity contribution in [2.45, 2.75) is 32.0 Å². The van der Waals surface area contributed by atoms with Crippen molar-refractivity contribution >= 4 is 11.7 Å². The molecule has 0 saturated carbocycles. The first kappa shape index (κ1) is 15.3. The Labute approximate surface area is 109 Å². The van der Waals surface area contributed by atoms with E-state index in [0.717, 1.165) is 12.1 Å². The van der Waals surface area contributed by atoms with E-state index in [9.17, 15) is 18.0 Å². The largest absolute Gasteiger partial charge is 0.469 e. The highest BCUT2D eigenvalue weighted by atomic mass is 19.4. The van der Waals surface area contributed by atoms with E-state index < -0.39 is 11.7 Å². The van der Waals surface area contributed by atoms with Crippen molar-refractivity contribution in [2.24, 2.45) is 0 Å². The Bertz CT molecular complexity index is 415. The number of alkyl halides is 3. The quantitative estimate of drug-likeness (QED) is 0.836. The standard InChI is InChI=1S/C13H16F3NO2/c1-3-10(8-12(18)19-2)17-11-6-4-9(5-7-11)13(14,15)16/h4-7,10,17H,3,8H2,1-2H3/t10-/m0/s1. The maximum absolute atomic E-state index is 12.4. The SMILES string of the molecule is CC[C@@H](CC(=O)OC)Nc1ccc(C(F)(F)F)cc1. The fourth-order valence-electron chi connectivity index (χ4n) is 1.57. The number of esters is 1. The molecular weight excluding hydrogens is 259 g/mol. The summed E-state index contributed by atoms with van der Waals surface area (Å²) >= 11 is 0. The summed E-state index contributed by atoms with van der Waals surface area (Å²) in [7, 11) is 1.30. The first-order valence-corrected chi connectivity index (χ1v) is 5.87. The Kier molecular flexibility index (Phi) is 5.20. The van der Waals surface area contributed by atoms with Gasteiger partial charge in [-0.05, 0) is 30.7 Å². The third kappa shape index (κ3) is 4.81. The highest BCUT2D eigenvalue weighted by Gasteiger charge is 2.30. The Morgan fingerprint density at radius 3 is 2.32 bits per heavy atom. The number of methoxy groups -OCH3 is 1. The molecule has 0 amide bonds. The van der Waals surface area contributed by atoms with Gasteiger partial charge in [-0.2, -0.15) is 13.2 Å². The van der Waals surface area contributed by atoms with Crippen LogP contribution in [0.2, 0.25) is 0 Å². The predicted octanol–water partition coefficient (Wildman–Crippen LogP) is 3.46. The normalized spacial score (nSPS) is 12.9. The lowest BCUT2D eigenvalue weighted by Gasteiger charge is -2.17. The Balaban J connectivity index is 2.68. The van der Waals surface area contributed by atoms with Crippen LogP contribution < -0.4 is 5.32 Å². The lowest BCUT2D eigenvalue weighted by molar-refractivity contribution is -0.141. The molecule has 1 aromatic rings. The number of rotatable bonds is 5. The maximum Gasteiger partial charge on any atom is 0.416 e. The van der Waals surface area contributed by atoms with Crippen LogP contribution in [0.5, 0.6) is 0 Å². The van der Waals surface area contributed by atoms with Gasteiger partial charge in [-0.25, -0.2) is 0 Å². The molecule has 0 aliphatic rings. The molecule has 0 aromatic heterocycles. The maximum atomic E-state index is 12.4. The van der Waals surface area contributed by atoms with Crippen molar-refractivity contribution in [3.05, 3.63) is 29.8 Å². The smallest absolute Gasteiger partial charge is 0.416 e. The third-order valence-corrected chi connectivity index (χ3v) is 2.72. The van der Waals surface area contributed by atoms with Crippen LogP contribution in [0.3, 0.4) is 0 Å². The van der Waals surface area contributed by atoms with E-state index in [1.807, 2.05) is 6.92 Å². The van der Waals surface area contributed by atoms with Gasteiger partial charge in [-0.15, -0.1) is 0 Å². The van der Waals surface area contributed by atoms with Crippen LogP contribution in [0, 0.1) is 0 Å². The molecule has 0 heterocycles. The molecule has 19 heavy (non-hydrogen) atoms. The third-order valence-electron chi connectivity index (χ3n) is 2.72. The molecule has 0 aliphatic heterocycles.